The third kappa shape index (κ3) is 3.37. The Kier molecular flexibility index (Phi) is 5.01. The van der Waals surface area contributed by atoms with Gasteiger partial charge in [-0.05, 0) is 48.2 Å². The zero-order valence-electron chi connectivity index (χ0n) is 13.2. The first-order valence-corrected chi connectivity index (χ1v) is 8.68. The average Bonchev–Trinajstić information content (AvgIpc) is 2.94. The van der Waals surface area contributed by atoms with Crippen molar-refractivity contribution in [2.75, 3.05) is 11.9 Å². The highest BCUT2D eigenvalue weighted by molar-refractivity contribution is 9.10. The number of benzene rings is 1. The van der Waals surface area contributed by atoms with E-state index in [4.69, 9.17) is 4.74 Å². The van der Waals surface area contributed by atoms with Gasteiger partial charge in [0.25, 0.3) is 0 Å². The fourth-order valence-corrected chi connectivity index (χ4v) is 3.34. The van der Waals surface area contributed by atoms with E-state index in [2.05, 4.69) is 26.2 Å². The molecule has 2 aromatic rings. The van der Waals surface area contributed by atoms with Crippen LogP contribution in [0.15, 0.2) is 22.8 Å². The molecule has 2 atom stereocenters. The molecule has 1 aromatic heterocycles. The Hall–Kier alpha value is -1.73. The number of aromatic nitrogens is 1. The van der Waals surface area contributed by atoms with Crippen LogP contribution in [0.25, 0.3) is 10.9 Å². The fourth-order valence-electron chi connectivity index (χ4n) is 3.00. The summed E-state index contributed by atoms with van der Waals surface area (Å²) in [6.45, 7) is 1.99. The summed E-state index contributed by atoms with van der Waals surface area (Å²) in [7, 11) is 0. The number of aliphatic hydroxyl groups is 1. The Morgan fingerprint density at radius 3 is 2.96 bits per heavy atom. The smallest absolute Gasteiger partial charge is 0.341 e. The summed E-state index contributed by atoms with van der Waals surface area (Å²) >= 11 is 3.18. The SMILES string of the molecule is CCOC(=O)c1cnc2cc(F)c(Br)cc2c1N[C@H]1CC[C@@H](O)C1. The van der Waals surface area contributed by atoms with Crippen molar-refractivity contribution >= 4 is 38.5 Å². The second-order valence-corrected chi connectivity index (χ2v) is 6.71. The highest BCUT2D eigenvalue weighted by Gasteiger charge is 2.26. The van der Waals surface area contributed by atoms with Crippen molar-refractivity contribution in [1.82, 2.24) is 4.98 Å². The zero-order chi connectivity index (χ0) is 17.3. The van der Waals surface area contributed by atoms with Crippen LogP contribution in [0.2, 0.25) is 0 Å². The molecule has 0 saturated heterocycles. The van der Waals surface area contributed by atoms with Crippen molar-refractivity contribution in [3.63, 3.8) is 0 Å². The number of nitrogens with zero attached hydrogens (tertiary/aromatic N) is 1. The van der Waals surface area contributed by atoms with Gasteiger partial charge in [0.2, 0.25) is 0 Å². The summed E-state index contributed by atoms with van der Waals surface area (Å²) in [6, 6.07) is 2.97. The molecule has 0 spiro atoms. The lowest BCUT2D eigenvalue weighted by Crippen LogP contribution is -2.20. The topological polar surface area (TPSA) is 71.5 Å². The molecule has 5 nitrogen and oxygen atoms in total. The molecule has 0 radical (unpaired) electrons. The van der Waals surface area contributed by atoms with Crippen molar-refractivity contribution in [1.29, 1.82) is 0 Å². The summed E-state index contributed by atoms with van der Waals surface area (Å²) in [6.07, 6.45) is 3.19. The highest BCUT2D eigenvalue weighted by atomic mass is 79.9. The van der Waals surface area contributed by atoms with Crippen molar-refractivity contribution in [2.45, 2.75) is 38.3 Å². The molecule has 3 rings (SSSR count). The number of hydrogen-bond acceptors (Lipinski definition) is 5. The van der Waals surface area contributed by atoms with Crippen molar-refractivity contribution in [3.8, 4) is 0 Å². The van der Waals surface area contributed by atoms with Gasteiger partial charge in [0.05, 0.1) is 28.4 Å². The molecule has 7 heteroatoms. The van der Waals surface area contributed by atoms with Gasteiger partial charge in [-0.25, -0.2) is 9.18 Å². The lowest BCUT2D eigenvalue weighted by Gasteiger charge is -2.19. The molecule has 1 aliphatic rings. The second kappa shape index (κ2) is 7.03. The lowest BCUT2D eigenvalue weighted by atomic mass is 10.1. The predicted octanol–water partition coefficient (Wildman–Crippen LogP) is 3.64. The normalized spacial score (nSPS) is 20.3. The minimum atomic E-state index is -0.478. The van der Waals surface area contributed by atoms with Crippen molar-refractivity contribution in [3.05, 3.63) is 34.2 Å². The number of halogens is 2. The van der Waals surface area contributed by atoms with Gasteiger partial charge in [-0.1, -0.05) is 0 Å². The number of carbonyl (C=O) groups excluding carboxylic acids is 1. The summed E-state index contributed by atoms with van der Waals surface area (Å²) in [5, 5.41) is 13.7. The molecule has 0 unspecified atom stereocenters. The van der Waals surface area contributed by atoms with E-state index < -0.39 is 11.8 Å². The van der Waals surface area contributed by atoms with Crippen LogP contribution in [0.3, 0.4) is 0 Å². The molecule has 24 heavy (non-hydrogen) atoms. The van der Waals surface area contributed by atoms with E-state index in [1.54, 1.807) is 13.0 Å². The van der Waals surface area contributed by atoms with E-state index in [-0.39, 0.29) is 18.8 Å². The number of nitrogens with one attached hydrogen (secondary N) is 1. The van der Waals surface area contributed by atoms with Crippen LogP contribution in [-0.4, -0.2) is 34.8 Å². The summed E-state index contributed by atoms with van der Waals surface area (Å²) in [5.41, 5.74) is 1.33. The van der Waals surface area contributed by atoms with Crippen LogP contribution < -0.4 is 5.32 Å². The second-order valence-electron chi connectivity index (χ2n) is 5.86. The number of pyridine rings is 1. The molecule has 2 N–H and O–H groups in total. The van der Waals surface area contributed by atoms with Crippen LogP contribution >= 0.6 is 15.9 Å². The van der Waals surface area contributed by atoms with Crippen molar-refractivity contribution < 1.29 is 19.0 Å². The quantitative estimate of drug-likeness (QED) is 0.771. The van der Waals surface area contributed by atoms with Crippen LogP contribution in [0, 0.1) is 5.82 Å². The van der Waals surface area contributed by atoms with Gasteiger partial charge in [-0.15, -0.1) is 0 Å². The monoisotopic (exact) mass is 396 g/mol. The highest BCUT2D eigenvalue weighted by Crippen LogP contribution is 2.33. The Bertz CT molecular complexity index is 784. The number of anilines is 1. The maximum absolute atomic E-state index is 13.8. The Labute approximate surface area is 147 Å². The van der Waals surface area contributed by atoms with Gasteiger partial charge in [0, 0.05) is 23.7 Å². The Morgan fingerprint density at radius 1 is 1.50 bits per heavy atom. The number of rotatable bonds is 4. The third-order valence-electron chi connectivity index (χ3n) is 4.16. The van der Waals surface area contributed by atoms with E-state index in [1.165, 1.54) is 12.3 Å². The molecule has 0 aliphatic heterocycles. The molecule has 1 heterocycles. The number of ether oxygens (including phenoxy) is 1. The van der Waals surface area contributed by atoms with Gasteiger partial charge >= 0.3 is 5.97 Å². The minimum absolute atomic E-state index is 0.0441. The van der Waals surface area contributed by atoms with E-state index in [1.807, 2.05) is 0 Å². The molecule has 0 bridgehead atoms. The predicted molar refractivity (Wildman–Crippen MR) is 92.6 cm³/mol. The van der Waals surface area contributed by atoms with E-state index in [0.717, 1.165) is 6.42 Å². The van der Waals surface area contributed by atoms with Gasteiger partial charge in [0.15, 0.2) is 0 Å². The van der Waals surface area contributed by atoms with Gasteiger partial charge < -0.3 is 15.2 Å². The molecular weight excluding hydrogens is 379 g/mol. The lowest BCUT2D eigenvalue weighted by molar-refractivity contribution is 0.0527. The van der Waals surface area contributed by atoms with Crippen molar-refractivity contribution in [2.24, 2.45) is 0 Å². The molecule has 1 aromatic carbocycles. The summed E-state index contributed by atoms with van der Waals surface area (Å²) in [4.78, 5) is 16.4. The average molecular weight is 397 g/mol. The van der Waals surface area contributed by atoms with Gasteiger partial charge in [-0.2, -0.15) is 0 Å². The molecule has 0 amide bonds. The van der Waals surface area contributed by atoms with Crippen LogP contribution in [0.1, 0.15) is 36.5 Å². The first-order chi connectivity index (χ1) is 11.5. The number of fused-ring (bicyclic) bond motifs is 1. The molecule has 1 aliphatic carbocycles. The van der Waals surface area contributed by atoms with Crippen LogP contribution in [-0.2, 0) is 4.74 Å². The molecular formula is C17H18BrFN2O3. The van der Waals surface area contributed by atoms with Crippen LogP contribution in [0.4, 0.5) is 10.1 Å². The van der Waals surface area contributed by atoms with E-state index >= 15 is 0 Å². The molecule has 128 valence electrons. The first-order valence-electron chi connectivity index (χ1n) is 7.89. The first kappa shape index (κ1) is 17.1. The Morgan fingerprint density at radius 2 is 2.29 bits per heavy atom. The minimum Gasteiger partial charge on any atom is -0.462 e. The van der Waals surface area contributed by atoms with Crippen LogP contribution in [0.5, 0.6) is 0 Å². The fraction of sp³-hybridized carbons (Fsp3) is 0.412. The van der Waals surface area contributed by atoms with Gasteiger partial charge in [-0.3, -0.25) is 4.98 Å². The Balaban J connectivity index is 2.10. The third-order valence-corrected chi connectivity index (χ3v) is 4.77. The van der Waals surface area contributed by atoms with E-state index in [9.17, 15) is 14.3 Å². The summed E-state index contributed by atoms with van der Waals surface area (Å²) < 4.78 is 19.2. The largest absolute Gasteiger partial charge is 0.462 e. The maximum atomic E-state index is 13.8. The molecule has 1 fully saturated rings. The maximum Gasteiger partial charge on any atom is 0.341 e. The van der Waals surface area contributed by atoms with E-state index in [0.29, 0.717) is 39.5 Å². The summed E-state index contributed by atoms with van der Waals surface area (Å²) in [5.74, 6) is -0.894. The van der Waals surface area contributed by atoms with Gasteiger partial charge in [0.1, 0.15) is 11.4 Å². The number of hydrogen-bond donors (Lipinski definition) is 2. The zero-order valence-corrected chi connectivity index (χ0v) is 14.8. The number of carbonyl (C=O) groups is 1. The molecule has 1 saturated carbocycles. The standard InChI is InChI=1S/C17H18BrFN2O3/c1-2-24-17(23)12-8-20-15-7-14(19)13(18)6-11(15)16(12)21-9-3-4-10(22)5-9/h6-10,22H,2-5H2,1H3,(H,20,21)/t9-,10+/m0/s1. The number of esters is 1. The number of aliphatic hydroxyl groups excluding tert-OH is 1.